The highest BCUT2D eigenvalue weighted by molar-refractivity contribution is 5.99. The molecule has 0 unspecified atom stereocenters. The lowest BCUT2D eigenvalue weighted by atomic mass is 10.1. The van der Waals surface area contributed by atoms with E-state index in [4.69, 9.17) is 14.2 Å². The summed E-state index contributed by atoms with van der Waals surface area (Å²) in [6.45, 7) is 6.98. The van der Waals surface area contributed by atoms with Gasteiger partial charge in [-0.3, -0.25) is 14.6 Å². The Morgan fingerprint density at radius 3 is 2.42 bits per heavy atom. The van der Waals surface area contributed by atoms with Gasteiger partial charge in [-0.2, -0.15) is 0 Å². The third kappa shape index (κ3) is 5.04. The van der Waals surface area contributed by atoms with Crippen LogP contribution in [0.1, 0.15) is 43.6 Å². The predicted octanol–water partition coefficient (Wildman–Crippen LogP) is 3.92. The second-order valence-electron chi connectivity index (χ2n) is 10.6. The fraction of sp³-hybridized carbons (Fsp3) is 0.552. The summed E-state index contributed by atoms with van der Waals surface area (Å²) >= 11 is 0. The first kappa shape index (κ1) is 23.6. The molecule has 1 saturated carbocycles. The minimum Gasteiger partial charge on any atom is -0.493 e. The minimum absolute atomic E-state index is 0.0117. The Morgan fingerprint density at radius 2 is 1.69 bits per heavy atom. The third-order valence-electron chi connectivity index (χ3n) is 8.08. The van der Waals surface area contributed by atoms with Crippen LogP contribution in [-0.2, 0) is 4.79 Å². The van der Waals surface area contributed by atoms with E-state index in [1.54, 1.807) is 12.0 Å². The van der Waals surface area contributed by atoms with Crippen LogP contribution in [-0.4, -0.2) is 80.8 Å². The molecule has 6 rings (SSSR count). The van der Waals surface area contributed by atoms with Crippen molar-refractivity contribution in [3.8, 4) is 17.2 Å². The molecule has 1 aliphatic carbocycles. The number of methoxy groups -OCH3 is 1. The Bertz CT molecular complexity index is 1060. The highest BCUT2D eigenvalue weighted by atomic mass is 16.5. The van der Waals surface area contributed by atoms with Crippen molar-refractivity contribution in [3.05, 3.63) is 48.0 Å². The number of benzene rings is 2. The van der Waals surface area contributed by atoms with Crippen molar-refractivity contribution in [2.24, 2.45) is 0 Å². The van der Waals surface area contributed by atoms with E-state index in [1.165, 1.54) is 44.3 Å². The van der Waals surface area contributed by atoms with Crippen LogP contribution in [0.25, 0.3) is 0 Å². The molecule has 3 heterocycles. The summed E-state index contributed by atoms with van der Waals surface area (Å²) in [5.41, 5.74) is 2.18. The number of likely N-dealkylation sites (tertiary alicyclic amines) is 2. The zero-order valence-electron chi connectivity index (χ0n) is 21.2. The summed E-state index contributed by atoms with van der Waals surface area (Å²) in [6, 6.07) is 14.7. The smallest absolute Gasteiger partial charge is 0.268 e. The van der Waals surface area contributed by atoms with Crippen LogP contribution in [0, 0.1) is 0 Å². The minimum atomic E-state index is -0.459. The third-order valence-corrected chi connectivity index (χ3v) is 8.08. The molecule has 4 fully saturated rings. The molecule has 7 nitrogen and oxygen atoms in total. The number of nitrogens with zero attached hydrogens (tertiary/aromatic N) is 3. The maximum absolute atomic E-state index is 13.1. The van der Waals surface area contributed by atoms with Crippen LogP contribution in [0.5, 0.6) is 17.2 Å². The van der Waals surface area contributed by atoms with E-state index in [0.717, 1.165) is 37.1 Å². The van der Waals surface area contributed by atoms with Crippen LogP contribution in [0.15, 0.2) is 42.5 Å². The first-order chi connectivity index (χ1) is 17.7. The summed E-state index contributed by atoms with van der Waals surface area (Å²) in [6.07, 6.45) is 5.46. The molecule has 3 aliphatic heterocycles. The Balaban J connectivity index is 1.00. The number of anilines is 1. The quantitative estimate of drug-likeness (QED) is 0.502. The Hall–Kier alpha value is -2.77. The first-order valence-electron chi connectivity index (χ1n) is 13.5. The fourth-order valence-corrected chi connectivity index (χ4v) is 5.71. The summed E-state index contributed by atoms with van der Waals surface area (Å²) in [4.78, 5) is 20.0. The monoisotopic (exact) mass is 491 g/mol. The van der Waals surface area contributed by atoms with Gasteiger partial charge in [0.05, 0.1) is 7.11 Å². The average Bonchev–Trinajstić information content (AvgIpc) is 3.47. The van der Waals surface area contributed by atoms with Gasteiger partial charge >= 0.3 is 0 Å². The van der Waals surface area contributed by atoms with Crippen molar-refractivity contribution in [2.45, 2.75) is 50.2 Å². The van der Waals surface area contributed by atoms with Gasteiger partial charge in [0.1, 0.15) is 12.4 Å². The van der Waals surface area contributed by atoms with Crippen LogP contribution < -0.4 is 19.1 Å². The van der Waals surface area contributed by atoms with E-state index in [-0.39, 0.29) is 5.91 Å². The van der Waals surface area contributed by atoms with Gasteiger partial charge in [-0.25, -0.2) is 0 Å². The van der Waals surface area contributed by atoms with Gasteiger partial charge in [-0.1, -0.05) is 12.1 Å². The fourth-order valence-electron chi connectivity index (χ4n) is 5.71. The van der Waals surface area contributed by atoms with Crippen LogP contribution in [0.3, 0.4) is 0 Å². The SMILES string of the molecule is COc1cc(N2CC[C@H](Oc3ccc(C4CC4)cc3)C2=O)ccc1OCCN1CC(N2CCCC2)C1. The van der Waals surface area contributed by atoms with E-state index in [0.29, 0.717) is 37.0 Å². The molecule has 0 bridgehead atoms. The molecule has 0 radical (unpaired) electrons. The van der Waals surface area contributed by atoms with Crippen molar-refractivity contribution in [1.29, 1.82) is 0 Å². The molecule has 0 N–H and O–H groups in total. The second kappa shape index (κ2) is 10.3. The zero-order chi connectivity index (χ0) is 24.5. The maximum Gasteiger partial charge on any atom is 0.268 e. The highest BCUT2D eigenvalue weighted by Gasteiger charge is 2.35. The maximum atomic E-state index is 13.1. The molecular formula is C29H37N3O4. The van der Waals surface area contributed by atoms with Gasteiger partial charge in [-0.15, -0.1) is 0 Å². The molecule has 2 aromatic carbocycles. The van der Waals surface area contributed by atoms with E-state index in [2.05, 4.69) is 21.9 Å². The molecule has 4 aliphatic rings. The lowest BCUT2D eigenvalue weighted by molar-refractivity contribution is -0.122. The number of carbonyl (C=O) groups is 1. The zero-order valence-corrected chi connectivity index (χ0v) is 21.2. The van der Waals surface area contributed by atoms with Gasteiger partial charge in [0.25, 0.3) is 5.91 Å². The van der Waals surface area contributed by atoms with Gasteiger partial charge in [-0.05, 0) is 74.5 Å². The second-order valence-corrected chi connectivity index (χ2v) is 10.6. The molecule has 36 heavy (non-hydrogen) atoms. The van der Waals surface area contributed by atoms with E-state index in [9.17, 15) is 4.79 Å². The van der Waals surface area contributed by atoms with Crippen molar-refractivity contribution >= 4 is 11.6 Å². The molecule has 1 atom stereocenters. The van der Waals surface area contributed by atoms with Gasteiger partial charge < -0.3 is 19.1 Å². The summed E-state index contributed by atoms with van der Waals surface area (Å²) in [5, 5.41) is 0. The highest BCUT2D eigenvalue weighted by Crippen LogP contribution is 2.40. The number of hydrogen-bond acceptors (Lipinski definition) is 6. The van der Waals surface area contributed by atoms with Crippen molar-refractivity contribution in [2.75, 3.05) is 57.9 Å². The molecule has 2 aromatic rings. The van der Waals surface area contributed by atoms with Gasteiger partial charge in [0, 0.05) is 50.4 Å². The predicted molar refractivity (Wildman–Crippen MR) is 139 cm³/mol. The number of ether oxygens (including phenoxy) is 3. The Kier molecular flexibility index (Phi) is 6.76. The number of rotatable bonds is 10. The largest absolute Gasteiger partial charge is 0.493 e. The summed E-state index contributed by atoms with van der Waals surface area (Å²) in [5.74, 6) is 2.83. The van der Waals surface area contributed by atoms with Crippen LogP contribution in [0.4, 0.5) is 5.69 Å². The lowest BCUT2D eigenvalue weighted by Gasteiger charge is -2.44. The van der Waals surface area contributed by atoms with E-state index < -0.39 is 6.10 Å². The van der Waals surface area contributed by atoms with Crippen molar-refractivity contribution < 1.29 is 19.0 Å². The summed E-state index contributed by atoms with van der Waals surface area (Å²) < 4.78 is 17.7. The number of carbonyl (C=O) groups excluding carboxylic acids is 1. The molecule has 7 heteroatoms. The van der Waals surface area contributed by atoms with Crippen LogP contribution >= 0.6 is 0 Å². The topological polar surface area (TPSA) is 54.5 Å². The number of hydrogen-bond donors (Lipinski definition) is 0. The Labute approximate surface area is 213 Å². The lowest BCUT2D eigenvalue weighted by Crippen LogP contribution is -2.59. The first-order valence-corrected chi connectivity index (χ1v) is 13.5. The summed E-state index contributed by atoms with van der Waals surface area (Å²) in [7, 11) is 1.64. The molecule has 192 valence electrons. The van der Waals surface area contributed by atoms with Crippen LogP contribution in [0.2, 0.25) is 0 Å². The normalized spacial score (nSPS) is 23.2. The van der Waals surface area contributed by atoms with E-state index in [1.807, 2.05) is 30.3 Å². The number of amides is 1. The molecular weight excluding hydrogens is 454 g/mol. The van der Waals surface area contributed by atoms with Crippen molar-refractivity contribution in [3.63, 3.8) is 0 Å². The Morgan fingerprint density at radius 1 is 0.917 bits per heavy atom. The van der Waals surface area contributed by atoms with E-state index >= 15 is 0 Å². The molecule has 0 spiro atoms. The molecule has 3 saturated heterocycles. The standard InChI is InChI=1S/C29H37N3O4/c1-34-28-18-23(8-11-26(28)35-17-16-30-19-24(20-30)31-13-2-3-14-31)32-15-12-27(29(32)33)36-25-9-6-22(7-10-25)21-4-5-21/h6-11,18,21,24,27H,2-5,12-17,19-20H2,1H3/t27-/m0/s1. The molecule has 0 aromatic heterocycles. The average molecular weight is 492 g/mol. The van der Waals surface area contributed by atoms with Gasteiger partial charge in [0.15, 0.2) is 17.6 Å². The van der Waals surface area contributed by atoms with Gasteiger partial charge in [0.2, 0.25) is 0 Å². The van der Waals surface area contributed by atoms with Crippen molar-refractivity contribution in [1.82, 2.24) is 9.80 Å². The molecule has 1 amide bonds.